The molecule has 118 valence electrons. The van der Waals surface area contributed by atoms with E-state index in [1.807, 2.05) is 23.1 Å². The number of amides is 2. The molecule has 1 aromatic carbocycles. The van der Waals surface area contributed by atoms with Crippen LogP contribution in [-0.4, -0.2) is 36.3 Å². The van der Waals surface area contributed by atoms with Crippen LogP contribution in [0.25, 0.3) is 0 Å². The van der Waals surface area contributed by atoms with E-state index < -0.39 is 0 Å². The summed E-state index contributed by atoms with van der Waals surface area (Å²) < 4.78 is 0. The van der Waals surface area contributed by atoms with Gasteiger partial charge in [-0.15, -0.1) is 0 Å². The highest BCUT2D eigenvalue weighted by Gasteiger charge is 2.32. The summed E-state index contributed by atoms with van der Waals surface area (Å²) in [6.07, 6.45) is 5.21. The van der Waals surface area contributed by atoms with Crippen molar-refractivity contribution in [2.24, 2.45) is 0 Å². The molecular formula is C18H24N2O2. The largest absolute Gasteiger partial charge is 0.343 e. The number of fused-ring (bicyclic) bond motifs is 1. The average Bonchev–Trinajstić information content (AvgIpc) is 2.70. The summed E-state index contributed by atoms with van der Waals surface area (Å²) >= 11 is 0. The Morgan fingerprint density at radius 2 is 1.77 bits per heavy atom. The van der Waals surface area contributed by atoms with E-state index in [-0.39, 0.29) is 17.7 Å². The van der Waals surface area contributed by atoms with E-state index in [0.29, 0.717) is 13.0 Å². The number of likely N-dealkylation sites (tertiary alicyclic amines) is 1. The minimum atomic E-state index is 0.0529. The van der Waals surface area contributed by atoms with Crippen molar-refractivity contribution in [1.82, 2.24) is 4.90 Å². The number of anilines is 1. The van der Waals surface area contributed by atoms with E-state index >= 15 is 0 Å². The van der Waals surface area contributed by atoms with Gasteiger partial charge in [-0.2, -0.15) is 0 Å². The maximum absolute atomic E-state index is 12.6. The Hall–Kier alpha value is -1.84. The first-order valence-corrected chi connectivity index (χ1v) is 8.31. The first-order valence-electron chi connectivity index (χ1n) is 8.31. The summed E-state index contributed by atoms with van der Waals surface area (Å²) in [7, 11) is 0. The van der Waals surface area contributed by atoms with Gasteiger partial charge in [0.1, 0.15) is 0 Å². The predicted molar refractivity (Wildman–Crippen MR) is 86.9 cm³/mol. The molecule has 4 heteroatoms. The van der Waals surface area contributed by atoms with E-state index in [1.165, 1.54) is 12.8 Å². The van der Waals surface area contributed by atoms with Crippen LogP contribution in [-0.2, 0) is 9.59 Å². The van der Waals surface area contributed by atoms with E-state index in [2.05, 4.69) is 6.07 Å². The SMILES string of the molecule is CC(=O)N1CC(CC(=O)N2CCCCCC2)c2ccccc21. The van der Waals surface area contributed by atoms with Crippen LogP contribution in [0, 0.1) is 0 Å². The molecule has 0 bridgehead atoms. The van der Waals surface area contributed by atoms with Crippen LogP contribution in [0.4, 0.5) is 5.69 Å². The molecule has 1 unspecified atom stereocenters. The van der Waals surface area contributed by atoms with Gasteiger partial charge in [-0.05, 0) is 24.5 Å². The molecule has 0 spiro atoms. The first-order chi connectivity index (χ1) is 10.7. The van der Waals surface area contributed by atoms with Crippen molar-refractivity contribution >= 4 is 17.5 Å². The lowest BCUT2D eigenvalue weighted by Gasteiger charge is -2.22. The average molecular weight is 300 g/mol. The lowest BCUT2D eigenvalue weighted by atomic mass is 9.97. The van der Waals surface area contributed by atoms with Crippen LogP contribution in [0.15, 0.2) is 24.3 Å². The zero-order valence-electron chi connectivity index (χ0n) is 13.3. The summed E-state index contributed by atoms with van der Waals surface area (Å²) in [4.78, 5) is 28.3. The fourth-order valence-electron chi connectivity index (χ4n) is 3.63. The van der Waals surface area contributed by atoms with Gasteiger partial charge in [0, 0.05) is 44.6 Å². The van der Waals surface area contributed by atoms with Crippen molar-refractivity contribution in [3.63, 3.8) is 0 Å². The van der Waals surface area contributed by atoms with Crippen molar-refractivity contribution in [3.8, 4) is 0 Å². The Balaban J connectivity index is 1.73. The van der Waals surface area contributed by atoms with Crippen molar-refractivity contribution in [2.45, 2.75) is 44.9 Å². The molecule has 0 radical (unpaired) electrons. The predicted octanol–water partition coefficient (Wildman–Crippen LogP) is 2.93. The highest BCUT2D eigenvalue weighted by molar-refractivity contribution is 5.94. The molecule has 4 nitrogen and oxygen atoms in total. The first kappa shape index (κ1) is 15.1. The van der Waals surface area contributed by atoms with E-state index in [4.69, 9.17) is 0 Å². The van der Waals surface area contributed by atoms with Gasteiger partial charge < -0.3 is 9.80 Å². The van der Waals surface area contributed by atoms with Gasteiger partial charge in [-0.25, -0.2) is 0 Å². The Kier molecular flexibility index (Phi) is 4.46. The molecule has 3 rings (SSSR count). The molecule has 1 atom stereocenters. The molecule has 2 aliphatic rings. The number of benzene rings is 1. The Bertz CT molecular complexity index is 562. The number of carbonyl (C=O) groups is 2. The van der Waals surface area contributed by atoms with Gasteiger partial charge in [-0.1, -0.05) is 31.0 Å². The molecular weight excluding hydrogens is 276 g/mol. The maximum atomic E-state index is 12.6. The lowest BCUT2D eigenvalue weighted by Crippen LogP contribution is -2.34. The third-order valence-corrected chi connectivity index (χ3v) is 4.83. The van der Waals surface area contributed by atoms with Crippen molar-refractivity contribution in [2.75, 3.05) is 24.5 Å². The highest BCUT2D eigenvalue weighted by atomic mass is 16.2. The minimum absolute atomic E-state index is 0.0529. The Morgan fingerprint density at radius 3 is 2.45 bits per heavy atom. The monoisotopic (exact) mass is 300 g/mol. The second kappa shape index (κ2) is 6.51. The van der Waals surface area contributed by atoms with Crippen LogP contribution in [0.2, 0.25) is 0 Å². The minimum Gasteiger partial charge on any atom is -0.343 e. The smallest absolute Gasteiger partial charge is 0.223 e. The van der Waals surface area contributed by atoms with Gasteiger partial charge in [0.25, 0.3) is 0 Å². The normalized spacial score (nSPS) is 21.4. The van der Waals surface area contributed by atoms with Gasteiger partial charge in [0.05, 0.1) is 0 Å². The molecule has 2 amide bonds. The van der Waals surface area contributed by atoms with Crippen LogP contribution in [0.1, 0.15) is 50.5 Å². The van der Waals surface area contributed by atoms with Crippen molar-refractivity contribution in [3.05, 3.63) is 29.8 Å². The number of carbonyl (C=O) groups excluding carboxylic acids is 2. The lowest BCUT2D eigenvalue weighted by molar-refractivity contribution is -0.131. The molecule has 0 aliphatic carbocycles. The second-order valence-electron chi connectivity index (χ2n) is 6.38. The van der Waals surface area contributed by atoms with Crippen LogP contribution < -0.4 is 4.90 Å². The third-order valence-electron chi connectivity index (χ3n) is 4.83. The Morgan fingerprint density at radius 1 is 1.09 bits per heavy atom. The van der Waals surface area contributed by atoms with Crippen LogP contribution >= 0.6 is 0 Å². The van der Waals surface area contributed by atoms with Crippen LogP contribution in [0.3, 0.4) is 0 Å². The molecule has 1 fully saturated rings. The number of para-hydroxylation sites is 1. The number of hydrogen-bond donors (Lipinski definition) is 0. The number of nitrogens with zero attached hydrogens (tertiary/aromatic N) is 2. The summed E-state index contributed by atoms with van der Waals surface area (Å²) in [5, 5.41) is 0. The molecule has 1 saturated heterocycles. The van der Waals surface area contributed by atoms with E-state index in [9.17, 15) is 9.59 Å². The summed E-state index contributed by atoms with van der Waals surface area (Å²) in [6.45, 7) is 4.01. The van der Waals surface area contributed by atoms with Crippen molar-refractivity contribution < 1.29 is 9.59 Å². The fraction of sp³-hybridized carbons (Fsp3) is 0.556. The summed E-state index contributed by atoms with van der Waals surface area (Å²) in [6, 6.07) is 7.98. The summed E-state index contributed by atoms with van der Waals surface area (Å²) in [5.74, 6) is 0.431. The molecule has 1 aromatic rings. The zero-order chi connectivity index (χ0) is 15.5. The zero-order valence-corrected chi connectivity index (χ0v) is 13.3. The molecule has 0 aromatic heterocycles. The van der Waals surface area contributed by atoms with Gasteiger partial charge in [-0.3, -0.25) is 9.59 Å². The second-order valence-corrected chi connectivity index (χ2v) is 6.38. The third kappa shape index (κ3) is 3.01. The van der Waals surface area contributed by atoms with Gasteiger partial charge in [0.2, 0.25) is 11.8 Å². The topological polar surface area (TPSA) is 40.6 Å². The van der Waals surface area contributed by atoms with E-state index in [1.54, 1.807) is 11.8 Å². The molecule has 0 saturated carbocycles. The van der Waals surface area contributed by atoms with Gasteiger partial charge >= 0.3 is 0 Å². The molecule has 2 aliphatic heterocycles. The number of hydrogen-bond acceptors (Lipinski definition) is 2. The summed E-state index contributed by atoms with van der Waals surface area (Å²) in [5.41, 5.74) is 2.12. The van der Waals surface area contributed by atoms with Crippen LogP contribution in [0.5, 0.6) is 0 Å². The van der Waals surface area contributed by atoms with Crippen molar-refractivity contribution in [1.29, 1.82) is 0 Å². The standard InChI is InChI=1S/C18H24N2O2/c1-14(21)20-13-15(16-8-4-5-9-17(16)20)12-18(22)19-10-6-2-3-7-11-19/h4-5,8-9,15H,2-3,6-7,10-13H2,1H3. The molecule has 2 heterocycles. The molecule has 0 N–H and O–H groups in total. The highest BCUT2D eigenvalue weighted by Crippen LogP contribution is 2.38. The van der Waals surface area contributed by atoms with Gasteiger partial charge in [0.15, 0.2) is 0 Å². The maximum Gasteiger partial charge on any atom is 0.223 e. The number of rotatable bonds is 2. The quantitative estimate of drug-likeness (QED) is 0.842. The fourth-order valence-corrected chi connectivity index (χ4v) is 3.63. The van der Waals surface area contributed by atoms with E-state index in [0.717, 1.165) is 37.2 Å². The Labute approximate surface area is 132 Å². The molecule has 22 heavy (non-hydrogen) atoms.